The first-order valence-corrected chi connectivity index (χ1v) is 12.9. The summed E-state index contributed by atoms with van der Waals surface area (Å²) in [7, 11) is 1.48. The van der Waals surface area contributed by atoms with Gasteiger partial charge in [0.05, 0.1) is 17.7 Å². The lowest BCUT2D eigenvalue weighted by Gasteiger charge is -2.39. The Morgan fingerprint density at radius 1 is 1.09 bits per heavy atom. The summed E-state index contributed by atoms with van der Waals surface area (Å²) in [5, 5.41) is 9.46. The zero-order valence-corrected chi connectivity index (χ0v) is 21.1. The Morgan fingerprint density at radius 3 is 2.43 bits per heavy atom. The minimum atomic E-state index is -0.216. The van der Waals surface area contributed by atoms with E-state index in [4.69, 9.17) is 26.3 Å². The minimum Gasteiger partial charge on any atom is -0.490 e. The van der Waals surface area contributed by atoms with Crippen molar-refractivity contribution in [3.05, 3.63) is 64.7 Å². The fraction of sp³-hybridized carbons (Fsp3) is 0.500. The molecule has 4 rings (SSSR count). The fourth-order valence-corrected chi connectivity index (χ4v) is 5.42. The molecule has 2 fully saturated rings. The number of methoxy groups -OCH3 is 1. The van der Waals surface area contributed by atoms with E-state index in [2.05, 4.69) is 28.0 Å². The molecule has 2 aromatic rings. The van der Waals surface area contributed by atoms with Crippen LogP contribution in [-0.4, -0.2) is 67.7 Å². The van der Waals surface area contributed by atoms with Crippen molar-refractivity contribution in [1.29, 1.82) is 5.26 Å². The van der Waals surface area contributed by atoms with Crippen molar-refractivity contribution in [3.8, 4) is 11.8 Å². The lowest BCUT2D eigenvalue weighted by atomic mass is 9.93. The summed E-state index contributed by atoms with van der Waals surface area (Å²) < 4.78 is 11.3. The van der Waals surface area contributed by atoms with Crippen LogP contribution in [0.15, 0.2) is 48.5 Å². The summed E-state index contributed by atoms with van der Waals surface area (Å²) in [5.41, 5.74) is 1.64. The van der Waals surface area contributed by atoms with Crippen molar-refractivity contribution in [2.75, 3.05) is 39.8 Å². The lowest BCUT2D eigenvalue weighted by Crippen LogP contribution is -2.49. The normalized spacial score (nSPS) is 19.1. The highest BCUT2D eigenvalue weighted by atomic mass is 35.5. The zero-order chi connectivity index (χ0) is 24.6. The third kappa shape index (κ3) is 6.98. The fourth-order valence-electron chi connectivity index (χ4n) is 5.21. The second-order valence-corrected chi connectivity index (χ2v) is 9.99. The molecule has 7 heteroatoms. The first kappa shape index (κ1) is 25.5. The molecule has 0 aromatic heterocycles. The molecule has 2 aliphatic heterocycles. The molecule has 6 nitrogen and oxygen atoms in total. The molecule has 0 unspecified atom stereocenters. The number of nitriles is 1. The number of carbonyl (C=O) groups excluding carboxylic acids is 1. The van der Waals surface area contributed by atoms with Crippen LogP contribution in [-0.2, 0) is 16.0 Å². The smallest absolute Gasteiger partial charge is 0.323 e. The van der Waals surface area contributed by atoms with Crippen LogP contribution in [0.5, 0.6) is 5.75 Å². The van der Waals surface area contributed by atoms with E-state index < -0.39 is 0 Å². The summed E-state index contributed by atoms with van der Waals surface area (Å²) >= 11 is 6.13. The quantitative estimate of drug-likeness (QED) is 0.500. The first-order valence-electron chi connectivity index (χ1n) is 12.5. The average Bonchev–Trinajstić information content (AvgIpc) is 2.89. The van der Waals surface area contributed by atoms with E-state index in [0.29, 0.717) is 22.9 Å². The monoisotopic (exact) mass is 495 g/mol. The molecule has 2 aromatic carbocycles. The van der Waals surface area contributed by atoms with Crippen molar-refractivity contribution in [2.45, 2.75) is 44.2 Å². The van der Waals surface area contributed by atoms with Gasteiger partial charge in [-0.25, -0.2) is 0 Å². The first-order chi connectivity index (χ1) is 17.1. The van der Waals surface area contributed by atoms with Crippen molar-refractivity contribution < 1.29 is 14.3 Å². The van der Waals surface area contributed by atoms with Gasteiger partial charge in [0.15, 0.2) is 0 Å². The number of halogens is 1. The maximum atomic E-state index is 12.5. The summed E-state index contributed by atoms with van der Waals surface area (Å²) in [6.45, 7) is 5.00. The molecule has 2 saturated heterocycles. The molecular weight excluding hydrogens is 462 g/mol. The van der Waals surface area contributed by atoms with Crippen LogP contribution in [0.4, 0.5) is 0 Å². The number of carbonyl (C=O) groups is 1. The van der Waals surface area contributed by atoms with Crippen LogP contribution in [0.1, 0.15) is 36.8 Å². The van der Waals surface area contributed by atoms with Gasteiger partial charge in [0.1, 0.15) is 24.0 Å². The van der Waals surface area contributed by atoms with Crippen LogP contribution in [0.2, 0.25) is 5.02 Å². The number of likely N-dealkylation sites (tertiary alicyclic amines) is 2. The van der Waals surface area contributed by atoms with Crippen LogP contribution in [0, 0.1) is 17.2 Å². The molecule has 0 bridgehead atoms. The second kappa shape index (κ2) is 12.4. The van der Waals surface area contributed by atoms with Gasteiger partial charge in [-0.05, 0) is 68.8 Å². The molecule has 2 heterocycles. The molecule has 35 heavy (non-hydrogen) atoms. The molecule has 0 aliphatic carbocycles. The molecule has 0 N–H and O–H groups in total. The average molecular weight is 496 g/mol. The number of esters is 1. The van der Waals surface area contributed by atoms with Gasteiger partial charge in [-0.2, -0.15) is 5.26 Å². The number of rotatable bonds is 8. The largest absolute Gasteiger partial charge is 0.490 e. The number of piperidine rings is 2. The number of ether oxygens (including phenoxy) is 2. The van der Waals surface area contributed by atoms with E-state index in [1.807, 2.05) is 24.3 Å². The maximum Gasteiger partial charge on any atom is 0.323 e. The van der Waals surface area contributed by atoms with Crippen LogP contribution in [0.25, 0.3) is 0 Å². The molecule has 0 radical (unpaired) electrons. The van der Waals surface area contributed by atoms with Crippen molar-refractivity contribution in [3.63, 3.8) is 0 Å². The molecular formula is C28H34ClN3O3. The predicted molar refractivity (Wildman–Crippen MR) is 137 cm³/mol. The van der Waals surface area contributed by atoms with E-state index >= 15 is 0 Å². The van der Waals surface area contributed by atoms with Crippen molar-refractivity contribution in [1.82, 2.24) is 9.80 Å². The molecule has 0 saturated carbocycles. The van der Waals surface area contributed by atoms with Gasteiger partial charge in [0.25, 0.3) is 0 Å². The van der Waals surface area contributed by atoms with Gasteiger partial charge >= 0.3 is 5.97 Å². The topological polar surface area (TPSA) is 65.8 Å². The molecule has 0 amide bonds. The SMILES string of the molecule is COC(=O)[C@H](Cc1ccccc1)N1CCC(CN2CCC(Oc3ccc(C#N)c(Cl)c3)CC2)CC1. The highest BCUT2D eigenvalue weighted by Crippen LogP contribution is 2.27. The zero-order valence-electron chi connectivity index (χ0n) is 20.4. The van der Waals surface area contributed by atoms with Gasteiger partial charge < -0.3 is 14.4 Å². The Morgan fingerprint density at radius 2 is 1.80 bits per heavy atom. The van der Waals surface area contributed by atoms with Crippen LogP contribution >= 0.6 is 11.6 Å². The lowest BCUT2D eigenvalue weighted by molar-refractivity contribution is -0.147. The third-order valence-electron chi connectivity index (χ3n) is 7.25. The Labute approximate surface area is 213 Å². The van der Waals surface area contributed by atoms with Gasteiger partial charge in [0.2, 0.25) is 0 Å². The van der Waals surface area contributed by atoms with Crippen LogP contribution in [0.3, 0.4) is 0 Å². The van der Waals surface area contributed by atoms with Crippen molar-refractivity contribution >= 4 is 17.6 Å². The molecule has 1 atom stereocenters. The number of benzene rings is 2. The van der Waals surface area contributed by atoms with Crippen molar-refractivity contribution in [2.24, 2.45) is 5.92 Å². The third-order valence-corrected chi connectivity index (χ3v) is 7.56. The highest BCUT2D eigenvalue weighted by Gasteiger charge is 2.32. The van der Waals surface area contributed by atoms with E-state index in [-0.39, 0.29) is 18.1 Å². The summed E-state index contributed by atoms with van der Waals surface area (Å²) in [6, 6.07) is 17.3. The highest BCUT2D eigenvalue weighted by molar-refractivity contribution is 6.31. The summed E-state index contributed by atoms with van der Waals surface area (Å²) in [6.07, 6.45) is 5.03. The van der Waals surface area contributed by atoms with Gasteiger partial charge in [-0.3, -0.25) is 9.69 Å². The standard InChI is InChI=1S/C28H34ClN3O3/c1-34-28(33)27(17-21-5-3-2-4-6-21)32-15-9-22(10-16-32)20-31-13-11-24(12-14-31)35-25-8-7-23(19-30)26(29)18-25/h2-8,18,22,24,27H,9-17,20H2,1H3/t27-/m0/s1. The van der Waals surface area contributed by atoms with E-state index in [0.717, 1.165) is 64.2 Å². The van der Waals surface area contributed by atoms with E-state index in [9.17, 15) is 4.79 Å². The molecule has 2 aliphatic rings. The minimum absolute atomic E-state index is 0.141. The number of hydrogen-bond acceptors (Lipinski definition) is 6. The maximum absolute atomic E-state index is 12.5. The van der Waals surface area contributed by atoms with E-state index in [1.165, 1.54) is 12.7 Å². The summed E-state index contributed by atoms with van der Waals surface area (Å²) in [5.74, 6) is 1.24. The number of hydrogen-bond donors (Lipinski definition) is 0. The second-order valence-electron chi connectivity index (χ2n) is 9.58. The Hall–Kier alpha value is -2.59. The van der Waals surface area contributed by atoms with Gasteiger partial charge in [-0.1, -0.05) is 41.9 Å². The Kier molecular flexibility index (Phi) is 9.03. The van der Waals surface area contributed by atoms with Crippen LogP contribution < -0.4 is 4.74 Å². The Bertz CT molecular complexity index is 1010. The molecule has 186 valence electrons. The number of nitrogens with zero attached hydrogens (tertiary/aromatic N) is 3. The van der Waals surface area contributed by atoms with E-state index in [1.54, 1.807) is 12.1 Å². The van der Waals surface area contributed by atoms with Gasteiger partial charge in [-0.15, -0.1) is 0 Å². The summed E-state index contributed by atoms with van der Waals surface area (Å²) in [4.78, 5) is 17.4. The predicted octanol–water partition coefficient (Wildman–Crippen LogP) is 4.55. The van der Waals surface area contributed by atoms with Gasteiger partial charge in [0, 0.05) is 25.7 Å². The Balaban J connectivity index is 1.21. The molecule has 0 spiro atoms.